The Morgan fingerprint density at radius 2 is 1.67 bits per heavy atom. The summed E-state index contributed by atoms with van der Waals surface area (Å²) in [5.41, 5.74) is 4.61. The van der Waals surface area contributed by atoms with Gasteiger partial charge in [-0.05, 0) is 74.8 Å². The second-order valence-corrected chi connectivity index (χ2v) is 13.3. The number of carbonyl (C=O) groups excluding carboxylic acids is 2. The van der Waals surface area contributed by atoms with Crippen LogP contribution in [0.25, 0.3) is 10.9 Å². The maximum Gasteiger partial charge on any atom is 0.243 e. The van der Waals surface area contributed by atoms with Gasteiger partial charge in [0.25, 0.3) is 0 Å². The largest absolute Gasteiger partial charge is 0.369 e. The molecule has 1 aromatic heterocycles. The molecule has 7 rings (SSSR count). The highest BCUT2D eigenvalue weighted by atomic mass is 32.2. The highest BCUT2D eigenvalue weighted by Crippen LogP contribution is 2.60. The van der Waals surface area contributed by atoms with E-state index in [0.717, 1.165) is 56.8 Å². The van der Waals surface area contributed by atoms with Crippen LogP contribution in [0.1, 0.15) is 64.2 Å². The fraction of sp³-hybridized carbons (Fsp3) is 0.593. The number of fused-ring (bicyclic) bond motifs is 1. The Bertz CT molecular complexity index is 1300. The predicted octanol–water partition coefficient (Wildman–Crippen LogP) is 3.01. The van der Waals surface area contributed by atoms with Crippen LogP contribution < -0.4 is 15.8 Å². The first-order valence-electron chi connectivity index (χ1n) is 13.2. The zero-order valence-corrected chi connectivity index (χ0v) is 21.2. The molecule has 8 nitrogen and oxygen atoms in total. The molecule has 0 aliphatic heterocycles. The van der Waals surface area contributed by atoms with E-state index in [2.05, 4.69) is 15.0 Å². The standard InChI is InChI=1S/C27H34N4O4S/c28-24(32)26-14-17-12-19(15-26)22(20(13-17)16-26)30-25(33)27(9-2-1-3-10-27)31-36(34,35)21-8-4-6-18-7-5-11-29-23(18)21/h4-8,11,17,19-20,22,31H,1-3,9-10,12-16H2,(H2,28,32)(H,30,33)/t17?,19-,20?,22?,26?/m0/s1. The SMILES string of the molecule is NC(=O)C12CC3CC(C1)C(NC(=O)C1(NS(=O)(=O)c4cccc5cccnc45)CCCCC1)[C@@H](C3)C2. The smallest absolute Gasteiger partial charge is 0.243 e. The number of carbonyl (C=O) groups is 2. The van der Waals surface area contributed by atoms with E-state index >= 15 is 0 Å². The van der Waals surface area contributed by atoms with Crippen molar-refractivity contribution in [3.8, 4) is 0 Å². The molecule has 192 valence electrons. The molecule has 0 spiro atoms. The Balaban J connectivity index is 1.28. The molecule has 5 aliphatic carbocycles. The Morgan fingerprint density at radius 1 is 0.972 bits per heavy atom. The number of para-hydroxylation sites is 1. The van der Waals surface area contributed by atoms with E-state index < -0.39 is 21.0 Å². The molecule has 0 saturated heterocycles. The lowest BCUT2D eigenvalue weighted by atomic mass is 9.47. The van der Waals surface area contributed by atoms with Crippen LogP contribution in [0.15, 0.2) is 41.4 Å². The number of benzene rings is 1. The molecule has 2 aromatic rings. The summed E-state index contributed by atoms with van der Waals surface area (Å²) < 4.78 is 30.3. The molecule has 4 N–H and O–H groups in total. The average Bonchev–Trinajstić information content (AvgIpc) is 2.85. The van der Waals surface area contributed by atoms with Crippen LogP contribution >= 0.6 is 0 Å². The number of nitrogens with two attached hydrogens (primary N) is 1. The van der Waals surface area contributed by atoms with E-state index in [0.29, 0.717) is 24.3 Å². The molecule has 5 saturated carbocycles. The molecule has 5 aliphatic rings. The molecule has 0 radical (unpaired) electrons. The summed E-state index contributed by atoms with van der Waals surface area (Å²) >= 11 is 0. The number of nitrogens with zero attached hydrogens (tertiary/aromatic N) is 1. The van der Waals surface area contributed by atoms with Crippen molar-refractivity contribution >= 4 is 32.7 Å². The number of primary amides is 1. The van der Waals surface area contributed by atoms with Gasteiger partial charge in [0.2, 0.25) is 21.8 Å². The summed E-state index contributed by atoms with van der Waals surface area (Å²) in [6.45, 7) is 0. The highest BCUT2D eigenvalue weighted by Gasteiger charge is 2.58. The molecule has 4 unspecified atom stereocenters. The van der Waals surface area contributed by atoms with Gasteiger partial charge in [0.1, 0.15) is 10.4 Å². The first-order valence-corrected chi connectivity index (χ1v) is 14.7. The number of rotatable bonds is 6. The molecule has 9 heteroatoms. The number of amides is 2. The number of aromatic nitrogens is 1. The van der Waals surface area contributed by atoms with Crippen LogP contribution in [0, 0.1) is 23.2 Å². The summed E-state index contributed by atoms with van der Waals surface area (Å²) in [7, 11) is -4.01. The second kappa shape index (κ2) is 8.52. The molecule has 1 aromatic carbocycles. The number of nitrogens with one attached hydrogen (secondary N) is 2. The van der Waals surface area contributed by atoms with E-state index in [1.807, 2.05) is 12.1 Å². The Hall–Kier alpha value is -2.52. The van der Waals surface area contributed by atoms with Crippen molar-refractivity contribution < 1.29 is 18.0 Å². The maximum absolute atomic E-state index is 14.0. The third-order valence-corrected chi connectivity index (χ3v) is 11.0. The summed E-state index contributed by atoms with van der Waals surface area (Å²) in [6, 6.07) is 8.65. The van der Waals surface area contributed by atoms with Crippen LogP contribution in [0.4, 0.5) is 0 Å². The third kappa shape index (κ3) is 3.82. The van der Waals surface area contributed by atoms with E-state index in [9.17, 15) is 18.0 Å². The minimum atomic E-state index is -4.01. The third-order valence-electron chi connectivity index (χ3n) is 9.45. The Kier molecular flexibility index (Phi) is 5.64. The Labute approximate surface area is 211 Å². The van der Waals surface area contributed by atoms with Crippen molar-refractivity contribution in [2.45, 2.75) is 80.7 Å². The van der Waals surface area contributed by atoms with E-state index in [-0.39, 0.29) is 34.6 Å². The summed E-state index contributed by atoms with van der Waals surface area (Å²) in [5.74, 6) is 0.486. The molecular weight excluding hydrogens is 476 g/mol. The molecular formula is C27H34N4O4S. The summed E-state index contributed by atoms with van der Waals surface area (Å²) in [5, 5.41) is 4.04. The number of sulfonamides is 1. The summed E-state index contributed by atoms with van der Waals surface area (Å²) in [6.07, 6.45) is 9.37. The van der Waals surface area contributed by atoms with Crippen molar-refractivity contribution in [1.82, 2.24) is 15.0 Å². The number of pyridine rings is 1. The minimum Gasteiger partial charge on any atom is -0.369 e. The van der Waals surface area contributed by atoms with Crippen molar-refractivity contribution in [1.29, 1.82) is 0 Å². The van der Waals surface area contributed by atoms with E-state index in [1.165, 1.54) is 0 Å². The van der Waals surface area contributed by atoms with Crippen LogP contribution in [0.2, 0.25) is 0 Å². The zero-order valence-electron chi connectivity index (χ0n) is 20.4. The molecule has 5 fully saturated rings. The normalized spacial score (nSPS) is 32.9. The van der Waals surface area contributed by atoms with Crippen LogP contribution in [-0.2, 0) is 19.6 Å². The molecule has 2 amide bonds. The topological polar surface area (TPSA) is 131 Å². The van der Waals surface area contributed by atoms with Gasteiger partial charge >= 0.3 is 0 Å². The Morgan fingerprint density at radius 3 is 2.36 bits per heavy atom. The number of hydrogen-bond acceptors (Lipinski definition) is 5. The second-order valence-electron chi connectivity index (χ2n) is 11.7. The minimum absolute atomic E-state index is 0.0379. The van der Waals surface area contributed by atoms with Crippen LogP contribution in [-0.4, -0.2) is 36.8 Å². The van der Waals surface area contributed by atoms with Gasteiger partial charge in [-0.1, -0.05) is 37.5 Å². The quantitative estimate of drug-likeness (QED) is 0.550. The fourth-order valence-electron chi connectivity index (χ4n) is 7.99. The molecule has 4 bridgehead atoms. The average molecular weight is 511 g/mol. The van der Waals surface area contributed by atoms with Crippen LogP contribution in [0.5, 0.6) is 0 Å². The first kappa shape index (κ1) is 23.9. The van der Waals surface area contributed by atoms with E-state index in [4.69, 9.17) is 5.73 Å². The lowest BCUT2D eigenvalue weighted by molar-refractivity contribution is -0.148. The van der Waals surface area contributed by atoms with Crippen molar-refractivity contribution in [2.75, 3.05) is 0 Å². The maximum atomic E-state index is 14.0. The number of hydrogen-bond donors (Lipinski definition) is 3. The van der Waals surface area contributed by atoms with Gasteiger partial charge in [-0.25, -0.2) is 8.42 Å². The van der Waals surface area contributed by atoms with Gasteiger partial charge in [0.15, 0.2) is 0 Å². The van der Waals surface area contributed by atoms with Gasteiger partial charge in [0.05, 0.1) is 5.52 Å². The zero-order chi connectivity index (χ0) is 25.1. The van der Waals surface area contributed by atoms with Gasteiger partial charge in [0, 0.05) is 23.0 Å². The van der Waals surface area contributed by atoms with E-state index in [1.54, 1.807) is 24.4 Å². The van der Waals surface area contributed by atoms with Gasteiger partial charge in [-0.2, -0.15) is 4.72 Å². The molecule has 5 atom stereocenters. The van der Waals surface area contributed by atoms with Gasteiger partial charge in [-0.3, -0.25) is 14.6 Å². The summed E-state index contributed by atoms with van der Waals surface area (Å²) in [4.78, 5) is 30.7. The first-order chi connectivity index (χ1) is 17.2. The monoisotopic (exact) mass is 510 g/mol. The van der Waals surface area contributed by atoms with Crippen molar-refractivity contribution in [2.24, 2.45) is 28.9 Å². The predicted molar refractivity (Wildman–Crippen MR) is 135 cm³/mol. The lowest BCUT2D eigenvalue weighted by Crippen LogP contribution is -2.66. The fourth-order valence-corrected chi connectivity index (χ4v) is 9.59. The molecule has 36 heavy (non-hydrogen) atoms. The van der Waals surface area contributed by atoms with Crippen molar-refractivity contribution in [3.63, 3.8) is 0 Å². The van der Waals surface area contributed by atoms with Crippen LogP contribution in [0.3, 0.4) is 0 Å². The highest BCUT2D eigenvalue weighted by molar-refractivity contribution is 7.89. The molecule has 1 heterocycles. The van der Waals surface area contributed by atoms with Crippen molar-refractivity contribution in [3.05, 3.63) is 36.5 Å². The lowest BCUT2D eigenvalue weighted by Gasteiger charge is -2.59. The van der Waals surface area contributed by atoms with Gasteiger partial charge in [-0.15, -0.1) is 0 Å². The van der Waals surface area contributed by atoms with Gasteiger partial charge < -0.3 is 11.1 Å².